The molecule has 33 heavy (non-hydrogen) atoms. The molecule has 12 heteroatoms. The molecule has 0 spiro atoms. The van der Waals surface area contributed by atoms with Gasteiger partial charge in [0.2, 0.25) is 5.91 Å². The highest BCUT2D eigenvalue weighted by atomic mass is 32.2. The van der Waals surface area contributed by atoms with Crippen LogP contribution in [0.1, 0.15) is 10.4 Å². The number of rotatable bonds is 4. The van der Waals surface area contributed by atoms with Crippen LogP contribution in [0.3, 0.4) is 0 Å². The normalized spacial score (nSPS) is 21.2. The van der Waals surface area contributed by atoms with Gasteiger partial charge in [0.05, 0.1) is 42.7 Å². The van der Waals surface area contributed by atoms with Crippen molar-refractivity contribution >= 4 is 40.2 Å². The van der Waals surface area contributed by atoms with Crippen molar-refractivity contribution in [1.82, 2.24) is 15.2 Å². The number of thioether (sulfide) groups is 1. The predicted octanol–water partition coefficient (Wildman–Crippen LogP) is 2.16. The molecule has 0 bridgehead atoms. The number of nitrogens with one attached hydrogen (secondary N) is 1. The third kappa shape index (κ3) is 4.99. The van der Waals surface area contributed by atoms with Crippen LogP contribution in [-0.4, -0.2) is 77.9 Å². The van der Waals surface area contributed by atoms with E-state index in [4.69, 9.17) is 10.00 Å². The molecule has 1 aromatic carbocycles. The minimum atomic E-state index is -4.47. The number of morpholine rings is 1. The quantitative estimate of drug-likeness (QED) is 0.718. The fourth-order valence-corrected chi connectivity index (χ4v) is 4.86. The summed E-state index contributed by atoms with van der Waals surface area (Å²) in [5.74, 6) is 0.0614. The van der Waals surface area contributed by atoms with E-state index in [0.29, 0.717) is 28.2 Å². The number of ether oxygens (including phenoxy) is 1. The zero-order chi connectivity index (χ0) is 23.6. The summed E-state index contributed by atoms with van der Waals surface area (Å²) in [6, 6.07) is 7.97. The van der Waals surface area contributed by atoms with E-state index >= 15 is 0 Å². The number of alkyl halides is 3. The van der Waals surface area contributed by atoms with Gasteiger partial charge in [-0.3, -0.25) is 14.6 Å². The topological polar surface area (TPSA) is 98.6 Å². The zero-order valence-electron chi connectivity index (χ0n) is 17.3. The second kappa shape index (κ2) is 9.44. The van der Waals surface area contributed by atoms with E-state index in [-0.39, 0.29) is 37.7 Å². The van der Waals surface area contributed by atoms with Crippen molar-refractivity contribution in [1.29, 1.82) is 5.26 Å². The largest absolute Gasteiger partial charge is 0.416 e. The maximum atomic E-state index is 13.1. The van der Waals surface area contributed by atoms with Crippen LogP contribution < -0.4 is 10.2 Å². The lowest BCUT2D eigenvalue weighted by Gasteiger charge is -2.35. The number of fused-ring (bicyclic) bond motifs is 1. The lowest BCUT2D eigenvalue weighted by molar-refractivity contribution is -0.221. The van der Waals surface area contributed by atoms with Crippen molar-refractivity contribution in [2.24, 2.45) is 0 Å². The molecule has 2 aliphatic rings. The van der Waals surface area contributed by atoms with Crippen molar-refractivity contribution < 1.29 is 27.5 Å². The molecule has 174 valence electrons. The maximum absolute atomic E-state index is 13.1. The Labute approximate surface area is 191 Å². The molecular formula is C21H20F3N5O3S. The summed E-state index contributed by atoms with van der Waals surface area (Å²) >= 11 is 1.47. The second-order valence-electron chi connectivity index (χ2n) is 7.60. The van der Waals surface area contributed by atoms with Gasteiger partial charge in [0.25, 0.3) is 5.91 Å². The number of halogens is 3. The van der Waals surface area contributed by atoms with E-state index in [1.807, 2.05) is 0 Å². The van der Waals surface area contributed by atoms with Gasteiger partial charge >= 0.3 is 6.18 Å². The molecule has 1 unspecified atom stereocenters. The van der Waals surface area contributed by atoms with Crippen LogP contribution in [-0.2, 0) is 9.53 Å². The average Bonchev–Trinajstić information content (AvgIpc) is 3.30. The number of hydrogen-bond acceptors (Lipinski definition) is 7. The van der Waals surface area contributed by atoms with Gasteiger partial charge in [0.15, 0.2) is 6.10 Å². The summed E-state index contributed by atoms with van der Waals surface area (Å²) in [7, 11) is 0. The highest BCUT2D eigenvalue weighted by Gasteiger charge is 2.43. The molecular weight excluding hydrogens is 459 g/mol. The number of pyridine rings is 1. The maximum Gasteiger partial charge on any atom is 0.416 e. The molecule has 1 aromatic heterocycles. The molecule has 0 aliphatic carbocycles. The number of aromatic nitrogens is 1. The third-order valence-electron chi connectivity index (χ3n) is 5.52. The highest BCUT2D eigenvalue weighted by Crippen LogP contribution is 2.30. The SMILES string of the molecule is N#C[C@@H]1CSCN1C(=O)CNC(=O)c1ccnc2ccc(N3CCOC(C(F)(F)F)C3)cc12. The van der Waals surface area contributed by atoms with Gasteiger partial charge in [0, 0.05) is 29.6 Å². The fraction of sp³-hybridized carbons (Fsp3) is 0.429. The van der Waals surface area contributed by atoms with Crippen molar-refractivity contribution in [3.05, 3.63) is 36.0 Å². The van der Waals surface area contributed by atoms with Gasteiger partial charge in [-0.15, -0.1) is 11.8 Å². The summed E-state index contributed by atoms with van der Waals surface area (Å²) < 4.78 is 44.1. The monoisotopic (exact) mass is 479 g/mol. The van der Waals surface area contributed by atoms with E-state index in [1.165, 1.54) is 28.9 Å². The minimum absolute atomic E-state index is 0.0663. The van der Waals surface area contributed by atoms with E-state index in [2.05, 4.69) is 16.4 Å². The Kier molecular flexibility index (Phi) is 6.62. The van der Waals surface area contributed by atoms with Gasteiger partial charge in [-0.2, -0.15) is 18.4 Å². The Balaban J connectivity index is 1.51. The van der Waals surface area contributed by atoms with E-state index in [9.17, 15) is 22.8 Å². The minimum Gasteiger partial charge on any atom is -0.366 e. The van der Waals surface area contributed by atoms with Crippen LogP contribution in [0.15, 0.2) is 30.5 Å². The molecule has 2 fully saturated rings. The molecule has 0 radical (unpaired) electrons. The van der Waals surface area contributed by atoms with Crippen LogP contribution in [0.2, 0.25) is 0 Å². The van der Waals surface area contributed by atoms with Crippen molar-refractivity contribution in [2.45, 2.75) is 18.3 Å². The summed E-state index contributed by atoms with van der Waals surface area (Å²) in [5.41, 5.74) is 1.27. The van der Waals surface area contributed by atoms with E-state index in [0.717, 1.165) is 0 Å². The molecule has 2 aromatic rings. The molecule has 2 atom stereocenters. The third-order valence-corrected chi connectivity index (χ3v) is 6.53. The Morgan fingerprint density at radius 1 is 1.33 bits per heavy atom. The van der Waals surface area contributed by atoms with Crippen molar-refractivity contribution in [2.75, 3.05) is 42.8 Å². The number of hydrogen-bond donors (Lipinski definition) is 1. The van der Waals surface area contributed by atoms with Gasteiger partial charge in [-0.05, 0) is 24.3 Å². The first-order valence-corrected chi connectivity index (χ1v) is 11.3. The zero-order valence-corrected chi connectivity index (χ0v) is 18.2. The Hall–Kier alpha value is -3.04. The highest BCUT2D eigenvalue weighted by molar-refractivity contribution is 7.99. The molecule has 1 N–H and O–H groups in total. The summed E-state index contributed by atoms with van der Waals surface area (Å²) in [5, 5.41) is 12.2. The standard InChI is InChI=1S/C21H20F3N5O3S/c22-21(23,24)18-10-28(5-6-32-18)13-1-2-17-16(7-13)15(3-4-26-17)20(31)27-9-19(30)29-12-33-11-14(29)8-25/h1-4,7,14,18H,5-6,9-12H2,(H,27,31)/t14-,18?/m1/s1. The summed E-state index contributed by atoms with van der Waals surface area (Å²) in [6.45, 7) is -0.400. The van der Waals surface area contributed by atoms with Crippen LogP contribution in [0.4, 0.5) is 18.9 Å². The first-order valence-electron chi connectivity index (χ1n) is 10.1. The molecule has 2 saturated heterocycles. The number of nitriles is 1. The van der Waals surface area contributed by atoms with Crippen LogP contribution >= 0.6 is 11.8 Å². The first-order chi connectivity index (χ1) is 15.8. The van der Waals surface area contributed by atoms with Crippen LogP contribution in [0, 0.1) is 11.3 Å². The molecule has 3 heterocycles. The number of anilines is 1. The Bertz CT molecular complexity index is 1110. The summed E-state index contributed by atoms with van der Waals surface area (Å²) in [6.07, 6.45) is -4.89. The molecule has 4 rings (SSSR count). The van der Waals surface area contributed by atoms with Gasteiger partial charge in [-0.25, -0.2) is 0 Å². The number of carbonyl (C=O) groups is 2. The summed E-state index contributed by atoms with van der Waals surface area (Å²) in [4.78, 5) is 32.5. The van der Waals surface area contributed by atoms with Crippen LogP contribution in [0.25, 0.3) is 10.9 Å². The number of carbonyl (C=O) groups excluding carboxylic acids is 2. The molecule has 8 nitrogen and oxygen atoms in total. The van der Waals surface area contributed by atoms with Crippen molar-refractivity contribution in [3.63, 3.8) is 0 Å². The smallest absolute Gasteiger partial charge is 0.366 e. The predicted molar refractivity (Wildman–Crippen MR) is 116 cm³/mol. The lowest BCUT2D eigenvalue weighted by Crippen LogP contribution is -2.49. The molecule has 2 amide bonds. The van der Waals surface area contributed by atoms with E-state index < -0.39 is 24.2 Å². The first kappa shape index (κ1) is 23.1. The van der Waals surface area contributed by atoms with Crippen LogP contribution in [0.5, 0.6) is 0 Å². The van der Waals surface area contributed by atoms with E-state index in [1.54, 1.807) is 23.1 Å². The second-order valence-corrected chi connectivity index (χ2v) is 8.60. The number of benzene rings is 1. The van der Waals surface area contributed by atoms with Crippen molar-refractivity contribution in [3.8, 4) is 6.07 Å². The molecule has 0 saturated carbocycles. The van der Waals surface area contributed by atoms with Gasteiger partial charge < -0.3 is 19.9 Å². The molecule has 2 aliphatic heterocycles. The fourth-order valence-electron chi connectivity index (χ4n) is 3.76. The Morgan fingerprint density at radius 2 is 2.15 bits per heavy atom. The number of nitrogens with zero attached hydrogens (tertiary/aromatic N) is 4. The average molecular weight is 479 g/mol. The van der Waals surface area contributed by atoms with Gasteiger partial charge in [0.1, 0.15) is 6.04 Å². The number of amides is 2. The van der Waals surface area contributed by atoms with Gasteiger partial charge in [-0.1, -0.05) is 0 Å². The lowest BCUT2D eigenvalue weighted by atomic mass is 10.1. The Morgan fingerprint density at radius 3 is 2.91 bits per heavy atom.